The zero-order chi connectivity index (χ0) is 24.2. The van der Waals surface area contributed by atoms with Crippen molar-refractivity contribution in [3.63, 3.8) is 0 Å². The van der Waals surface area contributed by atoms with Gasteiger partial charge >= 0.3 is 11.4 Å². The molecule has 0 atom stereocenters. The average Bonchev–Trinajstić information content (AvgIpc) is 2.80. The van der Waals surface area contributed by atoms with Crippen molar-refractivity contribution in [2.75, 3.05) is 5.32 Å². The quantitative estimate of drug-likeness (QED) is 0.345. The molecule has 1 aromatic heterocycles. The van der Waals surface area contributed by atoms with Crippen molar-refractivity contribution in [1.82, 2.24) is 14.1 Å². The van der Waals surface area contributed by atoms with Crippen molar-refractivity contribution >= 4 is 34.8 Å². The summed E-state index contributed by atoms with van der Waals surface area (Å²) in [5.41, 5.74) is 0.270. The number of rotatable bonds is 7. The van der Waals surface area contributed by atoms with E-state index in [9.17, 15) is 9.59 Å². The summed E-state index contributed by atoms with van der Waals surface area (Å²) in [7, 11) is 0. The molecular weight excluding hydrogens is 475 g/mol. The van der Waals surface area contributed by atoms with E-state index in [1.54, 1.807) is 44.2 Å². The Morgan fingerprint density at radius 3 is 2.32 bits per heavy atom. The first kappa shape index (κ1) is 23.6. The SMILES string of the molecule is CC(C)n1c(=O)nc(Nc2ccc(Oc3ccccc3)c(Cl)c2)n(Cc2ccc(Cl)cc2)c1=O. The lowest BCUT2D eigenvalue weighted by Gasteiger charge is -2.17. The van der Waals surface area contributed by atoms with Gasteiger partial charge in [0.1, 0.15) is 11.5 Å². The van der Waals surface area contributed by atoms with Crippen LogP contribution in [0.2, 0.25) is 10.0 Å². The molecule has 1 N–H and O–H groups in total. The number of nitrogens with zero attached hydrogens (tertiary/aromatic N) is 3. The molecule has 0 aliphatic rings. The summed E-state index contributed by atoms with van der Waals surface area (Å²) in [5.74, 6) is 1.23. The second-order valence-corrected chi connectivity index (χ2v) is 8.71. The molecule has 0 bridgehead atoms. The maximum atomic E-state index is 13.2. The normalized spacial score (nSPS) is 11.0. The lowest BCUT2D eigenvalue weighted by molar-refractivity contribution is 0.483. The Bertz CT molecular complexity index is 1420. The number of halogens is 2. The Morgan fingerprint density at radius 2 is 1.68 bits per heavy atom. The van der Waals surface area contributed by atoms with Gasteiger partial charge in [0.25, 0.3) is 0 Å². The smallest absolute Gasteiger partial charge is 0.355 e. The van der Waals surface area contributed by atoms with E-state index in [4.69, 9.17) is 27.9 Å². The lowest BCUT2D eigenvalue weighted by Crippen LogP contribution is -2.43. The fraction of sp³-hybridized carbons (Fsp3) is 0.160. The predicted molar refractivity (Wildman–Crippen MR) is 135 cm³/mol. The van der Waals surface area contributed by atoms with Crippen molar-refractivity contribution in [3.8, 4) is 11.5 Å². The second-order valence-electron chi connectivity index (χ2n) is 7.86. The predicted octanol–water partition coefficient (Wildman–Crippen LogP) is 5.88. The van der Waals surface area contributed by atoms with E-state index in [1.807, 2.05) is 42.5 Å². The first-order chi connectivity index (χ1) is 16.3. The molecule has 4 aromatic rings. The molecule has 0 saturated carbocycles. The maximum Gasteiger partial charge on any atom is 0.355 e. The van der Waals surface area contributed by atoms with Crippen molar-refractivity contribution in [2.45, 2.75) is 26.4 Å². The van der Waals surface area contributed by atoms with Crippen LogP contribution in [0.4, 0.5) is 11.6 Å². The van der Waals surface area contributed by atoms with Crippen molar-refractivity contribution in [3.05, 3.63) is 109 Å². The van der Waals surface area contributed by atoms with E-state index in [0.717, 1.165) is 10.1 Å². The van der Waals surface area contributed by atoms with E-state index in [2.05, 4.69) is 10.3 Å². The molecule has 174 valence electrons. The summed E-state index contributed by atoms with van der Waals surface area (Å²) in [6.07, 6.45) is 0. The van der Waals surface area contributed by atoms with Gasteiger partial charge in [-0.2, -0.15) is 4.98 Å². The van der Waals surface area contributed by atoms with Gasteiger partial charge in [-0.3, -0.25) is 4.57 Å². The van der Waals surface area contributed by atoms with Crippen LogP contribution in [-0.2, 0) is 6.54 Å². The summed E-state index contributed by atoms with van der Waals surface area (Å²) in [4.78, 5) is 30.0. The van der Waals surface area contributed by atoms with Gasteiger partial charge in [0.15, 0.2) is 0 Å². The number of anilines is 2. The number of hydrogen-bond donors (Lipinski definition) is 1. The fourth-order valence-corrected chi connectivity index (χ4v) is 3.71. The first-order valence-electron chi connectivity index (χ1n) is 10.6. The molecule has 0 fully saturated rings. The molecule has 0 aliphatic heterocycles. The number of hydrogen-bond acceptors (Lipinski definition) is 5. The summed E-state index contributed by atoms with van der Waals surface area (Å²) >= 11 is 12.4. The average molecular weight is 497 g/mol. The van der Waals surface area contributed by atoms with E-state index in [1.165, 1.54) is 4.57 Å². The van der Waals surface area contributed by atoms with Gasteiger partial charge < -0.3 is 10.1 Å². The highest BCUT2D eigenvalue weighted by atomic mass is 35.5. The van der Waals surface area contributed by atoms with Crippen LogP contribution in [-0.4, -0.2) is 14.1 Å². The molecule has 7 nitrogen and oxygen atoms in total. The molecule has 0 saturated heterocycles. The minimum Gasteiger partial charge on any atom is -0.456 e. The molecule has 4 rings (SSSR count). The van der Waals surface area contributed by atoms with E-state index in [0.29, 0.717) is 27.2 Å². The third-order valence-corrected chi connectivity index (χ3v) is 5.58. The summed E-state index contributed by atoms with van der Waals surface area (Å²) in [6.45, 7) is 3.71. The molecule has 0 spiro atoms. The van der Waals surface area contributed by atoms with E-state index >= 15 is 0 Å². The van der Waals surface area contributed by atoms with E-state index in [-0.39, 0.29) is 18.5 Å². The largest absolute Gasteiger partial charge is 0.456 e. The third-order valence-electron chi connectivity index (χ3n) is 5.03. The van der Waals surface area contributed by atoms with Crippen molar-refractivity contribution < 1.29 is 4.74 Å². The van der Waals surface area contributed by atoms with Crippen LogP contribution in [0, 0.1) is 0 Å². The number of ether oxygens (including phenoxy) is 1. The Morgan fingerprint density at radius 1 is 0.971 bits per heavy atom. The minimum absolute atomic E-state index is 0.106. The number of aromatic nitrogens is 3. The first-order valence-corrected chi connectivity index (χ1v) is 11.3. The lowest BCUT2D eigenvalue weighted by atomic mass is 10.2. The van der Waals surface area contributed by atoms with Crippen LogP contribution >= 0.6 is 23.2 Å². The van der Waals surface area contributed by atoms with Crippen molar-refractivity contribution in [2.24, 2.45) is 0 Å². The van der Waals surface area contributed by atoms with Crippen LogP contribution in [0.3, 0.4) is 0 Å². The van der Waals surface area contributed by atoms with Gasteiger partial charge in [-0.05, 0) is 61.9 Å². The summed E-state index contributed by atoms with van der Waals surface area (Å²) in [5, 5.41) is 4.00. The van der Waals surface area contributed by atoms with Gasteiger partial charge in [-0.15, -0.1) is 0 Å². The number of nitrogens with one attached hydrogen (secondary N) is 1. The number of benzene rings is 3. The van der Waals surface area contributed by atoms with Crippen LogP contribution in [0.15, 0.2) is 82.4 Å². The Kier molecular flexibility index (Phi) is 7.05. The van der Waals surface area contributed by atoms with Gasteiger partial charge in [0, 0.05) is 16.8 Å². The van der Waals surface area contributed by atoms with Crippen LogP contribution in [0.1, 0.15) is 25.5 Å². The van der Waals surface area contributed by atoms with Crippen LogP contribution in [0.25, 0.3) is 0 Å². The molecule has 0 radical (unpaired) electrons. The molecule has 1 heterocycles. The van der Waals surface area contributed by atoms with Gasteiger partial charge in [0.05, 0.1) is 11.6 Å². The van der Waals surface area contributed by atoms with Crippen LogP contribution < -0.4 is 21.4 Å². The zero-order valence-corrected chi connectivity index (χ0v) is 20.0. The molecule has 0 aliphatic carbocycles. The highest BCUT2D eigenvalue weighted by Crippen LogP contribution is 2.32. The molecule has 0 amide bonds. The highest BCUT2D eigenvalue weighted by Gasteiger charge is 2.16. The van der Waals surface area contributed by atoms with Crippen molar-refractivity contribution in [1.29, 1.82) is 0 Å². The number of para-hydroxylation sites is 1. The van der Waals surface area contributed by atoms with Gasteiger partial charge in [-0.25, -0.2) is 14.2 Å². The molecule has 9 heteroatoms. The standard InChI is InChI=1S/C25H22Cl2N4O3/c1-16(2)31-24(32)29-23(30(25(31)33)15-17-8-10-18(26)11-9-17)28-19-12-13-22(21(27)14-19)34-20-6-4-3-5-7-20/h3-14,16H,15H2,1-2H3,(H,28,29,32). The summed E-state index contributed by atoms with van der Waals surface area (Å²) < 4.78 is 8.34. The van der Waals surface area contributed by atoms with Gasteiger partial charge in [0.2, 0.25) is 5.95 Å². The second kappa shape index (κ2) is 10.2. The van der Waals surface area contributed by atoms with Gasteiger partial charge in [-0.1, -0.05) is 53.5 Å². The molecule has 34 heavy (non-hydrogen) atoms. The third kappa shape index (κ3) is 5.32. The highest BCUT2D eigenvalue weighted by molar-refractivity contribution is 6.32. The monoisotopic (exact) mass is 496 g/mol. The topological polar surface area (TPSA) is 78.2 Å². The zero-order valence-electron chi connectivity index (χ0n) is 18.5. The Balaban J connectivity index is 1.69. The fourth-order valence-electron chi connectivity index (χ4n) is 3.37. The molecule has 0 unspecified atom stereocenters. The van der Waals surface area contributed by atoms with E-state index < -0.39 is 11.4 Å². The minimum atomic E-state index is -0.634. The summed E-state index contributed by atoms with van der Waals surface area (Å²) in [6, 6.07) is 21.1. The molecular formula is C25H22Cl2N4O3. The Hall–Kier alpha value is -3.55. The van der Waals surface area contributed by atoms with Crippen LogP contribution in [0.5, 0.6) is 11.5 Å². The molecule has 3 aromatic carbocycles. The Labute approximate surface area is 206 Å². The maximum absolute atomic E-state index is 13.2.